The van der Waals surface area contributed by atoms with Gasteiger partial charge in [-0.25, -0.2) is 4.98 Å². The molecule has 21 heavy (non-hydrogen) atoms. The van der Waals surface area contributed by atoms with E-state index < -0.39 is 17.9 Å². The Hall–Kier alpha value is -1.79. The smallest absolute Gasteiger partial charge is 0.352 e. The van der Waals surface area contributed by atoms with Crippen LogP contribution in [0.25, 0.3) is 0 Å². The van der Waals surface area contributed by atoms with Gasteiger partial charge in [-0.2, -0.15) is 13.2 Å². The highest BCUT2D eigenvalue weighted by Crippen LogP contribution is 2.31. The summed E-state index contributed by atoms with van der Waals surface area (Å²) in [4.78, 5) is 17.5. The van der Waals surface area contributed by atoms with E-state index in [2.05, 4.69) is 10.3 Å². The number of halogens is 3. The van der Waals surface area contributed by atoms with Crippen LogP contribution >= 0.6 is 0 Å². The predicted octanol–water partition coefficient (Wildman–Crippen LogP) is 2.35. The van der Waals surface area contributed by atoms with Gasteiger partial charge in [-0.3, -0.25) is 4.79 Å². The lowest BCUT2D eigenvalue weighted by Crippen LogP contribution is -2.44. The van der Waals surface area contributed by atoms with Gasteiger partial charge in [0.05, 0.1) is 0 Å². The number of pyridine rings is 1. The maximum atomic E-state index is 12.7. The van der Waals surface area contributed by atoms with Crippen molar-refractivity contribution in [2.75, 3.05) is 11.4 Å². The summed E-state index contributed by atoms with van der Waals surface area (Å²) in [6, 6.07) is 3.63. The lowest BCUT2D eigenvalue weighted by Gasteiger charge is -2.25. The van der Waals surface area contributed by atoms with Gasteiger partial charge in [0.2, 0.25) is 5.91 Å². The Kier molecular flexibility index (Phi) is 3.51. The molecule has 2 aliphatic rings. The van der Waals surface area contributed by atoms with E-state index in [-0.39, 0.29) is 17.8 Å². The first-order chi connectivity index (χ1) is 9.95. The van der Waals surface area contributed by atoms with E-state index in [9.17, 15) is 18.0 Å². The molecule has 0 bridgehead atoms. The summed E-state index contributed by atoms with van der Waals surface area (Å²) in [6.07, 6.45) is -1.07. The number of amides is 1. The third-order valence-corrected chi connectivity index (χ3v) is 3.80. The van der Waals surface area contributed by atoms with Gasteiger partial charge in [0.15, 0.2) is 0 Å². The van der Waals surface area contributed by atoms with Crippen molar-refractivity contribution in [2.24, 2.45) is 0 Å². The standard InChI is InChI=1S/C14H16F3N3O/c15-14(16,17)11-4-1-5-12(19-11)20-8-2-3-10(20)13(21)18-9-6-7-9/h1,4-5,9-10H,2-3,6-8H2,(H,18,21)/t10-/m0/s1. The van der Waals surface area contributed by atoms with E-state index in [1.165, 1.54) is 12.1 Å². The molecule has 3 rings (SSSR count). The molecule has 0 radical (unpaired) electrons. The number of hydrogen-bond acceptors (Lipinski definition) is 3. The van der Waals surface area contributed by atoms with E-state index >= 15 is 0 Å². The third-order valence-electron chi connectivity index (χ3n) is 3.80. The second-order valence-electron chi connectivity index (χ2n) is 5.51. The number of alkyl halides is 3. The number of hydrogen-bond donors (Lipinski definition) is 1. The molecule has 2 fully saturated rings. The average Bonchev–Trinajstić information content (AvgIpc) is 3.10. The van der Waals surface area contributed by atoms with Crippen molar-refractivity contribution in [1.82, 2.24) is 10.3 Å². The van der Waals surface area contributed by atoms with Crippen molar-refractivity contribution in [3.63, 3.8) is 0 Å². The molecule has 0 aromatic carbocycles. The van der Waals surface area contributed by atoms with Gasteiger partial charge in [0.1, 0.15) is 17.6 Å². The Morgan fingerprint density at radius 1 is 1.29 bits per heavy atom. The first-order valence-corrected chi connectivity index (χ1v) is 7.06. The number of carbonyl (C=O) groups is 1. The average molecular weight is 299 g/mol. The largest absolute Gasteiger partial charge is 0.433 e. The zero-order valence-electron chi connectivity index (χ0n) is 11.4. The molecule has 7 heteroatoms. The Bertz CT molecular complexity index is 543. The number of aromatic nitrogens is 1. The summed E-state index contributed by atoms with van der Waals surface area (Å²) in [5, 5.41) is 2.91. The van der Waals surface area contributed by atoms with Gasteiger partial charge in [0, 0.05) is 12.6 Å². The molecule has 114 valence electrons. The second-order valence-corrected chi connectivity index (χ2v) is 5.51. The molecule has 1 N–H and O–H groups in total. The van der Waals surface area contributed by atoms with Gasteiger partial charge < -0.3 is 10.2 Å². The maximum Gasteiger partial charge on any atom is 0.433 e. The normalized spacial score (nSPS) is 22.4. The van der Waals surface area contributed by atoms with Crippen LogP contribution in [0.15, 0.2) is 18.2 Å². The van der Waals surface area contributed by atoms with Crippen LogP contribution in [-0.2, 0) is 11.0 Å². The van der Waals surface area contributed by atoms with Crippen molar-refractivity contribution in [3.8, 4) is 0 Å². The van der Waals surface area contributed by atoms with Crippen molar-refractivity contribution in [2.45, 2.75) is 43.9 Å². The Labute approximate surface area is 120 Å². The topological polar surface area (TPSA) is 45.2 Å². The minimum Gasteiger partial charge on any atom is -0.352 e. The summed E-state index contributed by atoms with van der Waals surface area (Å²) in [5.74, 6) is 0.118. The summed E-state index contributed by atoms with van der Waals surface area (Å²) in [7, 11) is 0. The minimum absolute atomic E-state index is 0.103. The van der Waals surface area contributed by atoms with Crippen LogP contribution < -0.4 is 10.2 Å². The first-order valence-electron chi connectivity index (χ1n) is 7.06. The second kappa shape index (κ2) is 5.20. The zero-order valence-corrected chi connectivity index (χ0v) is 11.4. The van der Waals surface area contributed by atoms with Crippen LogP contribution in [0.1, 0.15) is 31.4 Å². The van der Waals surface area contributed by atoms with Gasteiger partial charge in [-0.15, -0.1) is 0 Å². The molecule has 1 amide bonds. The molecule has 1 aliphatic carbocycles. The Morgan fingerprint density at radius 2 is 2.05 bits per heavy atom. The van der Waals surface area contributed by atoms with E-state index in [1.54, 1.807) is 4.90 Å². The Morgan fingerprint density at radius 3 is 2.71 bits per heavy atom. The van der Waals surface area contributed by atoms with Crippen molar-refractivity contribution in [3.05, 3.63) is 23.9 Å². The molecule has 1 aliphatic heterocycles. The van der Waals surface area contributed by atoms with Crippen LogP contribution in [0.2, 0.25) is 0 Å². The predicted molar refractivity (Wildman–Crippen MR) is 70.8 cm³/mol. The van der Waals surface area contributed by atoms with Crippen molar-refractivity contribution >= 4 is 11.7 Å². The Balaban J connectivity index is 1.79. The van der Waals surface area contributed by atoms with Crippen LogP contribution in [0.3, 0.4) is 0 Å². The molecule has 1 aromatic heterocycles. The summed E-state index contributed by atoms with van der Waals surface area (Å²) in [5.41, 5.74) is -0.923. The van der Waals surface area contributed by atoms with Crippen LogP contribution in [0, 0.1) is 0 Å². The number of carbonyl (C=O) groups excluding carboxylic acids is 1. The highest BCUT2D eigenvalue weighted by atomic mass is 19.4. The van der Waals surface area contributed by atoms with Gasteiger partial charge in [-0.05, 0) is 37.8 Å². The highest BCUT2D eigenvalue weighted by Gasteiger charge is 2.37. The SMILES string of the molecule is O=C(NC1CC1)[C@@H]1CCCN1c1cccc(C(F)(F)F)n1. The van der Waals surface area contributed by atoms with Gasteiger partial charge in [-0.1, -0.05) is 6.07 Å². The lowest BCUT2D eigenvalue weighted by atomic mass is 10.2. The summed E-state index contributed by atoms with van der Waals surface area (Å²) in [6.45, 7) is 0.553. The monoisotopic (exact) mass is 299 g/mol. The van der Waals surface area contributed by atoms with Crippen LogP contribution in [0.4, 0.5) is 19.0 Å². The molecule has 0 spiro atoms. The number of anilines is 1. The first kappa shape index (κ1) is 14.2. The fraction of sp³-hybridized carbons (Fsp3) is 0.571. The summed E-state index contributed by atoms with van der Waals surface area (Å²) >= 11 is 0. The minimum atomic E-state index is -4.47. The molecule has 1 atom stereocenters. The number of nitrogens with one attached hydrogen (secondary N) is 1. The fourth-order valence-electron chi connectivity index (χ4n) is 2.58. The molecular formula is C14H16F3N3O. The maximum absolute atomic E-state index is 12.7. The molecule has 1 aromatic rings. The van der Waals surface area contributed by atoms with Crippen molar-refractivity contribution < 1.29 is 18.0 Å². The number of nitrogens with zero attached hydrogens (tertiary/aromatic N) is 2. The van der Waals surface area contributed by atoms with Crippen LogP contribution in [0.5, 0.6) is 0 Å². The molecule has 1 saturated heterocycles. The molecule has 2 heterocycles. The van der Waals surface area contributed by atoms with Gasteiger partial charge >= 0.3 is 6.18 Å². The van der Waals surface area contributed by atoms with Crippen LogP contribution in [-0.4, -0.2) is 29.5 Å². The van der Waals surface area contributed by atoms with Crippen molar-refractivity contribution in [1.29, 1.82) is 0 Å². The van der Waals surface area contributed by atoms with E-state index in [4.69, 9.17) is 0 Å². The van der Waals surface area contributed by atoms with E-state index in [1.807, 2.05) is 0 Å². The molecular weight excluding hydrogens is 283 g/mol. The van der Waals surface area contributed by atoms with Gasteiger partial charge in [0.25, 0.3) is 0 Å². The quantitative estimate of drug-likeness (QED) is 0.932. The van der Waals surface area contributed by atoms with E-state index in [0.717, 1.165) is 25.3 Å². The third kappa shape index (κ3) is 3.11. The zero-order chi connectivity index (χ0) is 15.0. The molecule has 1 saturated carbocycles. The lowest BCUT2D eigenvalue weighted by molar-refractivity contribution is -0.141. The van der Waals surface area contributed by atoms with E-state index in [0.29, 0.717) is 13.0 Å². The number of rotatable bonds is 3. The fourth-order valence-corrected chi connectivity index (χ4v) is 2.58. The highest BCUT2D eigenvalue weighted by molar-refractivity contribution is 5.86. The molecule has 0 unspecified atom stereocenters. The molecule has 4 nitrogen and oxygen atoms in total. The summed E-state index contributed by atoms with van der Waals surface area (Å²) < 4.78 is 38.2.